The van der Waals surface area contributed by atoms with Crippen molar-refractivity contribution in [1.82, 2.24) is 10.6 Å². The third kappa shape index (κ3) is 3.81. The molecule has 98 valence electrons. The molecule has 0 saturated heterocycles. The Bertz CT molecular complexity index is 471. The van der Waals surface area contributed by atoms with Gasteiger partial charge in [0.2, 0.25) is 11.7 Å². The minimum atomic E-state index is -1.18. The number of amides is 3. The van der Waals surface area contributed by atoms with Crippen molar-refractivity contribution in [2.24, 2.45) is 0 Å². The van der Waals surface area contributed by atoms with Crippen LogP contribution in [0.25, 0.3) is 0 Å². The van der Waals surface area contributed by atoms with Gasteiger partial charge in [0.15, 0.2) is 5.09 Å². The number of carboxylic acids is 1. The van der Waals surface area contributed by atoms with E-state index in [1.54, 1.807) is 6.92 Å². The van der Waals surface area contributed by atoms with Crippen molar-refractivity contribution < 1.29 is 23.9 Å². The minimum absolute atomic E-state index is 0.198. The molecule has 8 heteroatoms. The zero-order chi connectivity index (χ0) is 13.7. The van der Waals surface area contributed by atoms with Crippen LogP contribution in [0.2, 0.25) is 0 Å². The molecule has 1 aromatic heterocycles. The average molecular weight is 272 g/mol. The Morgan fingerprint density at radius 3 is 2.56 bits per heavy atom. The minimum Gasteiger partial charge on any atom is -0.475 e. The third-order valence-corrected chi connectivity index (χ3v) is 2.94. The first kappa shape index (κ1) is 14.1. The summed E-state index contributed by atoms with van der Waals surface area (Å²) in [5, 5.41) is 12.7. The van der Waals surface area contributed by atoms with E-state index >= 15 is 0 Å². The Balaban J connectivity index is 2.58. The first-order chi connectivity index (χ1) is 8.43. The molecule has 0 saturated carbocycles. The monoisotopic (exact) mass is 272 g/mol. The molecule has 1 aromatic rings. The second kappa shape index (κ2) is 6.10. The van der Waals surface area contributed by atoms with E-state index in [0.29, 0.717) is 5.09 Å². The van der Waals surface area contributed by atoms with Gasteiger partial charge < -0.3 is 14.8 Å². The summed E-state index contributed by atoms with van der Waals surface area (Å²) in [7, 11) is 1.39. The molecule has 0 aliphatic heterocycles. The number of carboxylic acid groups (broad SMARTS) is 1. The summed E-state index contributed by atoms with van der Waals surface area (Å²) in [5.74, 6) is -1.87. The molecular weight excluding hydrogens is 260 g/mol. The number of carbonyl (C=O) groups is 3. The Morgan fingerprint density at radius 1 is 1.39 bits per heavy atom. The second-order valence-corrected chi connectivity index (χ2v) is 4.60. The quantitative estimate of drug-likeness (QED) is 0.703. The van der Waals surface area contributed by atoms with E-state index in [4.69, 9.17) is 9.52 Å². The van der Waals surface area contributed by atoms with Crippen LogP contribution in [0.5, 0.6) is 0 Å². The van der Waals surface area contributed by atoms with Crippen LogP contribution in [0.4, 0.5) is 4.79 Å². The largest absolute Gasteiger partial charge is 0.475 e. The summed E-state index contributed by atoms with van der Waals surface area (Å²) in [6.45, 7) is 1.58. The van der Waals surface area contributed by atoms with Gasteiger partial charge in [-0.25, -0.2) is 9.59 Å². The second-order valence-electron chi connectivity index (χ2n) is 3.25. The Hall–Kier alpha value is -1.96. The lowest BCUT2D eigenvalue weighted by atomic mass is 10.4. The standard InChI is InChI=1S/C10H12N2O5S/c1-5(8(13)12-10(16)11-2)18-7-4-3-6(17-7)9(14)15/h3-5H,1-2H3,(H,14,15)(H2,11,12,13,16). The fraction of sp³-hybridized carbons (Fsp3) is 0.300. The van der Waals surface area contributed by atoms with Crippen LogP contribution in [0.1, 0.15) is 17.5 Å². The maximum Gasteiger partial charge on any atom is 0.371 e. The lowest BCUT2D eigenvalue weighted by Gasteiger charge is -2.08. The zero-order valence-electron chi connectivity index (χ0n) is 9.72. The molecule has 0 fully saturated rings. The molecule has 3 amide bonds. The molecule has 1 atom stereocenters. The summed E-state index contributed by atoms with van der Waals surface area (Å²) in [4.78, 5) is 33.0. The smallest absolute Gasteiger partial charge is 0.371 e. The van der Waals surface area contributed by atoms with Crippen LogP contribution < -0.4 is 10.6 Å². The number of thioether (sulfide) groups is 1. The molecule has 0 aliphatic carbocycles. The fourth-order valence-corrected chi connectivity index (χ4v) is 1.80. The van der Waals surface area contributed by atoms with E-state index in [0.717, 1.165) is 11.8 Å². The number of hydrogen-bond donors (Lipinski definition) is 3. The molecule has 0 spiro atoms. The predicted octanol–water partition coefficient (Wildman–Crippen LogP) is 0.914. The Morgan fingerprint density at radius 2 is 2.06 bits per heavy atom. The summed E-state index contributed by atoms with van der Waals surface area (Å²) >= 11 is 1.02. The SMILES string of the molecule is CNC(=O)NC(=O)C(C)Sc1ccc(C(=O)O)o1. The normalized spacial score (nSPS) is 11.7. The van der Waals surface area contributed by atoms with Crippen LogP contribution >= 0.6 is 11.8 Å². The molecule has 1 rings (SSSR count). The van der Waals surface area contributed by atoms with Gasteiger partial charge in [0.25, 0.3) is 0 Å². The predicted molar refractivity (Wildman–Crippen MR) is 63.6 cm³/mol. The summed E-state index contributed by atoms with van der Waals surface area (Å²) in [6.07, 6.45) is 0. The molecule has 0 aliphatic rings. The number of imide groups is 1. The summed E-state index contributed by atoms with van der Waals surface area (Å²) in [5.41, 5.74) is 0. The number of furan rings is 1. The number of rotatable bonds is 4. The van der Waals surface area contributed by atoms with Gasteiger partial charge in [-0.1, -0.05) is 11.8 Å². The van der Waals surface area contributed by atoms with Crippen molar-refractivity contribution in [3.8, 4) is 0 Å². The topological polar surface area (TPSA) is 109 Å². The van der Waals surface area contributed by atoms with Crippen molar-refractivity contribution in [2.45, 2.75) is 17.3 Å². The number of aromatic carboxylic acids is 1. The zero-order valence-corrected chi connectivity index (χ0v) is 10.5. The number of hydrogen-bond acceptors (Lipinski definition) is 5. The van der Waals surface area contributed by atoms with Gasteiger partial charge in [-0.3, -0.25) is 10.1 Å². The molecule has 1 heterocycles. The molecular formula is C10H12N2O5S. The van der Waals surface area contributed by atoms with Crippen molar-refractivity contribution in [1.29, 1.82) is 0 Å². The molecule has 0 radical (unpaired) electrons. The molecule has 7 nitrogen and oxygen atoms in total. The highest BCUT2D eigenvalue weighted by molar-refractivity contribution is 8.00. The van der Waals surface area contributed by atoms with E-state index in [1.165, 1.54) is 19.2 Å². The Labute approximate surface area is 107 Å². The molecule has 3 N–H and O–H groups in total. The highest BCUT2D eigenvalue weighted by atomic mass is 32.2. The van der Waals surface area contributed by atoms with E-state index in [1.807, 2.05) is 0 Å². The van der Waals surface area contributed by atoms with Gasteiger partial charge in [-0.2, -0.15) is 0 Å². The number of urea groups is 1. The summed E-state index contributed by atoms with van der Waals surface area (Å²) in [6, 6.07) is 2.16. The molecule has 18 heavy (non-hydrogen) atoms. The lowest BCUT2D eigenvalue weighted by Crippen LogP contribution is -2.41. The van der Waals surface area contributed by atoms with Crippen LogP contribution in [0.15, 0.2) is 21.6 Å². The van der Waals surface area contributed by atoms with Gasteiger partial charge >= 0.3 is 12.0 Å². The van der Waals surface area contributed by atoms with Crippen LogP contribution in [0.3, 0.4) is 0 Å². The maximum atomic E-state index is 11.5. The number of nitrogens with one attached hydrogen (secondary N) is 2. The number of carbonyl (C=O) groups excluding carboxylic acids is 2. The molecule has 0 bridgehead atoms. The van der Waals surface area contributed by atoms with Crippen molar-refractivity contribution in [3.05, 3.63) is 17.9 Å². The average Bonchev–Trinajstić information content (AvgIpc) is 2.77. The highest BCUT2D eigenvalue weighted by Gasteiger charge is 2.19. The van der Waals surface area contributed by atoms with E-state index in [9.17, 15) is 14.4 Å². The van der Waals surface area contributed by atoms with Crippen molar-refractivity contribution in [2.75, 3.05) is 7.05 Å². The van der Waals surface area contributed by atoms with Gasteiger partial charge in [-0.05, 0) is 19.1 Å². The maximum absolute atomic E-state index is 11.5. The lowest BCUT2D eigenvalue weighted by molar-refractivity contribution is -0.119. The molecule has 0 aromatic carbocycles. The van der Waals surface area contributed by atoms with Crippen LogP contribution in [-0.4, -0.2) is 35.3 Å². The van der Waals surface area contributed by atoms with Crippen LogP contribution in [-0.2, 0) is 4.79 Å². The van der Waals surface area contributed by atoms with Gasteiger partial charge in [0.1, 0.15) is 0 Å². The van der Waals surface area contributed by atoms with Gasteiger partial charge in [0.05, 0.1) is 5.25 Å². The van der Waals surface area contributed by atoms with Crippen LogP contribution in [0, 0.1) is 0 Å². The van der Waals surface area contributed by atoms with E-state index in [-0.39, 0.29) is 5.76 Å². The third-order valence-electron chi connectivity index (χ3n) is 1.92. The summed E-state index contributed by atoms with van der Waals surface area (Å²) < 4.78 is 4.98. The highest BCUT2D eigenvalue weighted by Crippen LogP contribution is 2.25. The first-order valence-electron chi connectivity index (χ1n) is 4.96. The van der Waals surface area contributed by atoms with Gasteiger partial charge in [0, 0.05) is 7.05 Å². The van der Waals surface area contributed by atoms with Crippen molar-refractivity contribution in [3.63, 3.8) is 0 Å². The van der Waals surface area contributed by atoms with E-state index in [2.05, 4.69) is 10.6 Å². The van der Waals surface area contributed by atoms with Crippen molar-refractivity contribution >= 4 is 29.7 Å². The Kier molecular flexibility index (Phi) is 4.78. The van der Waals surface area contributed by atoms with E-state index < -0.39 is 23.2 Å². The fourth-order valence-electron chi connectivity index (χ4n) is 1.00. The van der Waals surface area contributed by atoms with Gasteiger partial charge in [-0.15, -0.1) is 0 Å². The first-order valence-corrected chi connectivity index (χ1v) is 5.84. The molecule has 1 unspecified atom stereocenters.